The van der Waals surface area contributed by atoms with Crippen LogP contribution < -0.4 is 0 Å². The fourth-order valence-electron chi connectivity index (χ4n) is 3.33. The van der Waals surface area contributed by atoms with E-state index in [1.807, 2.05) is 6.07 Å². The van der Waals surface area contributed by atoms with Crippen molar-refractivity contribution in [3.05, 3.63) is 35.3 Å². The molecule has 1 saturated heterocycles. The van der Waals surface area contributed by atoms with Gasteiger partial charge in [-0.3, -0.25) is 4.90 Å². The molecule has 0 spiro atoms. The molecule has 2 aromatic rings. The van der Waals surface area contributed by atoms with Crippen LogP contribution in [0.1, 0.15) is 11.3 Å². The summed E-state index contributed by atoms with van der Waals surface area (Å²) in [6.45, 7) is 4.78. The number of rotatable bonds is 2. The van der Waals surface area contributed by atoms with Crippen LogP contribution in [0.5, 0.6) is 0 Å². The second-order valence-corrected chi connectivity index (χ2v) is 5.82. The van der Waals surface area contributed by atoms with E-state index >= 15 is 0 Å². The molecule has 0 unspecified atom stereocenters. The van der Waals surface area contributed by atoms with Crippen LogP contribution >= 0.6 is 0 Å². The molecule has 0 bridgehead atoms. The van der Waals surface area contributed by atoms with Gasteiger partial charge < -0.3 is 14.5 Å². The van der Waals surface area contributed by atoms with E-state index in [1.165, 1.54) is 17.3 Å². The molecule has 21 heavy (non-hydrogen) atoms. The van der Waals surface area contributed by atoms with E-state index in [0.29, 0.717) is 19.8 Å². The highest BCUT2D eigenvalue weighted by atomic mass is 19.1. The van der Waals surface area contributed by atoms with Crippen molar-refractivity contribution in [3.8, 4) is 0 Å². The Morgan fingerprint density at radius 3 is 3.14 bits per heavy atom. The van der Waals surface area contributed by atoms with Gasteiger partial charge in [0.15, 0.2) is 0 Å². The average molecular weight is 290 g/mol. The first-order valence-electron chi connectivity index (χ1n) is 7.50. The molecule has 4 nitrogen and oxygen atoms in total. The minimum absolute atomic E-state index is 0.155. The van der Waals surface area contributed by atoms with Crippen molar-refractivity contribution in [2.45, 2.75) is 19.1 Å². The van der Waals surface area contributed by atoms with Crippen molar-refractivity contribution >= 4 is 10.9 Å². The molecule has 1 N–H and O–H groups in total. The molecule has 4 rings (SSSR count). The molecule has 0 aliphatic carbocycles. The lowest BCUT2D eigenvalue weighted by Crippen LogP contribution is -2.41. The minimum atomic E-state index is -0.176. The zero-order valence-corrected chi connectivity index (χ0v) is 11.9. The molecular formula is C16H19FN2O2. The zero-order valence-electron chi connectivity index (χ0n) is 11.9. The van der Waals surface area contributed by atoms with Gasteiger partial charge in [-0.2, -0.15) is 0 Å². The second-order valence-electron chi connectivity index (χ2n) is 5.82. The summed E-state index contributed by atoms with van der Waals surface area (Å²) < 4.78 is 24.7. The van der Waals surface area contributed by atoms with Gasteiger partial charge in [0.1, 0.15) is 5.82 Å². The van der Waals surface area contributed by atoms with E-state index in [2.05, 4.69) is 9.88 Å². The van der Waals surface area contributed by atoms with Gasteiger partial charge in [0.05, 0.1) is 25.9 Å². The molecule has 112 valence electrons. The van der Waals surface area contributed by atoms with Crippen LogP contribution in [-0.2, 0) is 22.4 Å². The molecular weight excluding hydrogens is 271 g/mol. The SMILES string of the molecule is Fc1ccc2[nH]c3c(c2c1)CN(C[C@@H]1COCCO1)CC3. The molecule has 0 radical (unpaired) electrons. The topological polar surface area (TPSA) is 37.5 Å². The summed E-state index contributed by atoms with van der Waals surface area (Å²) in [6.07, 6.45) is 1.13. The number of halogens is 1. The molecule has 3 heterocycles. The van der Waals surface area contributed by atoms with Crippen molar-refractivity contribution in [2.24, 2.45) is 0 Å². The monoisotopic (exact) mass is 290 g/mol. The lowest BCUT2D eigenvalue weighted by Gasteiger charge is -2.32. The van der Waals surface area contributed by atoms with Gasteiger partial charge in [-0.15, -0.1) is 0 Å². The Balaban J connectivity index is 1.55. The van der Waals surface area contributed by atoms with E-state index in [-0.39, 0.29) is 11.9 Å². The number of ether oxygens (including phenoxy) is 2. The summed E-state index contributed by atoms with van der Waals surface area (Å²) in [7, 11) is 0. The number of nitrogens with one attached hydrogen (secondary N) is 1. The largest absolute Gasteiger partial charge is 0.376 e. The van der Waals surface area contributed by atoms with Crippen LogP contribution in [0.25, 0.3) is 10.9 Å². The molecule has 5 heteroatoms. The number of benzene rings is 1. The smallest absolute Gasteiger partial charge is 0.123 e. The maximum Gasteiger partial charge on any atom is 0.123 e. The van der Waals surface area contributed by atoms with Crippen molar-refractivity contribution in [1.82, 2.24) is 9.88 Å². The molecule has 1 aromatic heterocycles. The van der Waals surface area contributed by atoms with Gasteiger partial charge in [0.2, 0.25) is 0 Å². The quantitative estimate of drug-likeness (QED) is 0.920. The van der Waals surface area contributed by atoms with Crippen molar-refractivity contribution < 1.29 is 13.9 Å². The average Bonchev–Trinajstić information content (AvgIpc) is 2.86. The Morgan fingerprint density at radius 2 is 2.29 bits per heavy atom. The Labute approximate surface area is 122 Å². The number of nitrogens with zero attached hydrogens (tertiary/aromatic N) is 1. The molecule has 1 atom stereocenters. The van der Waals surface area contributed by atoms with Crippen molar-refractivity contribution in [2.75, 3.05) is 32.9 Å². The Morgan fingerprint density at radius 1 is 1.33 bits per heavy atom. The first-order chi connectivity index (χ1) is 10.3. The third kappa shape index (κ3) is 2.57. The van der Waals surface area contributed by atoms with E-state index in [0.717, 1.165) is 37.0 Å². The van der Waals surface area contributed by atoms with Gasteiger partial charge in [-0.25, -0.2) is 4.39 Å². The summed E-state index contributed by atoms with van der Waals surface area (Å²) in [5.41, 5.74) is 3.50. The number of hydrogen-bond donors (Lipinski definition) is 1. The lowest BCUT2D eigenvalue weighted by molar-refractivity contribution is -0.0985. The highest BCUT2D eigenvalue weighted by Gasteiger charge is 2.24. The molecule has 0 saturated carbocycles. The van der Waals surface area contributed by atoms with Crippen molar-refractivity contribution in [1.29, 1.82) is 0 Å². The minimum Gasteiger partial charge on any atom is -0.376 e. The maximum atomic E-state index is 13.5. The van der Waals surface area contributed by atoms with E-state index in [1.54, 1.807) is 6.07 Å². The fourth-order valence-corrected chi connectivity index (χ4v) is 3.33. The predicted octanol–water partition coefficient (Wildman–Crippen LogP) is 2.08. The molecule has 1 aromatic carbocycles. The van der Waals surface area contributed by atoms with Gasteiger partial charge >= 0.3 is 0 Å². The number of fused-ring (bicyclic) bond motifs is 3. The Hall–Kier alpha value is -1.43. The van der Waals surface area contributed by atoms with Gasteiger partial charge in [-0.05, 0) is 23.8 Å². The molecule has 1 fully saturated rings. The first kappa shape index (κ1) is 13.2. The van der Waals surface area contributed by atoms with Gasteiger partial charge in [0, 0.05) is 42.7 Å². The number of aromatic amines is 1. The fraction of sp³-hybridized carbons (Fsp3) is 0.500. The summed E-state index contributed by atoms with van der Waals surface area (Å²) >= 11 is 0. The molecule has 2 aliphatic rings. The standard InChI is InChI=1S/C16H19FN2O2/c17-11-1-2-15-13(7-11)14-9-19(4-3-16(14)18-15)8-12-10-20-5-6-21-12/h1-2,7,12,18H,3-6,8-10H2/t12-/m1/s1. The van der Waals surface area contributed by atoms with E-state index < -0.39 is 0 Å². The highest BCUT2D eigenvalue weighted by molar-refractivity contribution is 5.84. The van der Waals surface area contributed by atoms with Crippen LogP contribution in [0, 0.1) is 5.82 Å². The predicted molar refractivity (Wildman–Crippen MR) is 77.8 cm³/mol. The lowest BCUT2D eigenvalue weighted by atomic mass is 10.0. The van der Waals surface area contributed by atoms with Crippen LogP contribution in [0.3, 0.4) is 0 Å². The number of aromatic nitrogens is 1. The van der Waals surface area contributed by atoms with Crippen LogP contribution in [0.15, 0.2) is 18.2 Å². The normalized spacial score (nSPS) is 23.4. The van der Waals surface area contributed by atoms with Crippen LogP contribution in [0.4, 0.5) is 4.39 Å². The van der Waals surface area contributed by atoms with Crippen molar-refractivity contribution in [3.63, 3.8) is 0 Å². The highest BCUT2D eigenvalue weighted by Crippen LogP contribution is 2.28. The number of hydrogen-bond acceptors (Lipinski definition) is 3. The summed E-state index contributed by atoms with van der Waals surface area (Å²) in [4.78, 5) is 5.79. The molecule has 2 aliphatic heterocycles. The number of H-pyrrole nitrogens is 1. The Bertz CT molecular complexity index is 649. The van der Waals surface area contributed by atoms with Crippen LogP contribution in [0.2, 0.25) is 0 Å². The maximum absolute atomic E-state index is 13.5. The third-order valence-electron chi connectivity index (χ3n) is 4.36. The van der Waals surface area contributed by atoms with Crippen LogP contribution in [-0.4, -0.2) is 48.9 Å². The second kappa shape index (κ2) is 5.40. The molecule has 0 amide bonds. The third-order valence-corrected chi connectivity index (χ3v) is 4.36. The van der Waals surface area contributed by atoms with Gasteiger partial charge in [0.25, 0.3) is 0 Å². The zero-order chi connectivity index (χ0) is 14.2. The Kier molecular flexibility index (Phi) is 3.41. The first-order valence-corrected chi connectivity index (χ1v) is 7.50. The summed E-state index contributed by atoms with van der Waals surface area (Å²) in [5.74, 6) is -0.176. The summed E-state index contributed by atoms with van der Waals surface area (Å²) in [5, 5.41) is 1.01. The van der Waals surface area contributed by atoms with E-state index in [9.17, 15) is 4.39 Å². The van der Waals surface area contributed by atoms with E-state index in [4.69, 9.17) is 9.47 Å². The summed E-state index contributed by atoms with van der Waals surface area (Å²) in [6, 6.07) is 4.97. The van der Waals surface area contributed by atoms with Gasteiger partial charge in [-0.1, -0.05) is 0 Å².